The molecular formula is C18H17Cl2F2N. The van der Waals surface area contributed by atoms with E-state index in [0.717, 1.165) is 19.5 Å². The summed E-state index contributed by atoms with van der Waals surface area (Å²) in [6, 6.07) is 11.5. The highest BCUT2D eigenvalue weighted by Gasteiger charge is 2.38. The largest absolute Gasteiger partial charge is 0.298 e. The second-order valence-corrected chi connectivity index (χ2v) is 7.14. The molecule has 3 rings (SSSR count). The van der Waals surface area contributed by atoms with Gasteiger partial charge in [0.05, 0.1) is 5.02 Å². The standard InChI is InChI=1S/C18H17Cl2F2N/c1-18(13-9-14(19)17(22)15(20)16(13)21)7-8-23(11-18)10-12-5-3-2-4-6-12/h2-6,9H,7-8,10-11H2,1H3. The molecule has 2 aromatic carbocycles. The monoisotopic (exact) mass is 355 g/mol. The van der Waals surface area contributed by atoms with Gasteiger partial charge in [-0.05, 0) is 30.2 Å². The van der Waals surface area contributed by atoms with Crippen molar-refractivity contribution in [2.75, 3.05) is 13.1 Å². The molecule has 5 heteroatoms. The Morgan fingerprint density at radius 2 is 1.83 bits per heavy atom. The van der Waals surface area contributed by atoms with E-state index in [1.165, 1.54) is 11.6 Å². The summed E-state index contributed by atoms with van der Waals surface area (Å²) in [6.07, 6.45) is 0.773. The van der Waals surface area contributed by atoms with Crippen LogP contribution >= 0.6 is 23.2 Å². The molecule has 1 fully saturated rings. The van der Waals surface area contributed by atoms with Crippen LogP contribution in [-0.4, -0.2) is 18.0 Å². The van der Waals surface area contributed by atoms with E-state index in [9.17, 15) is 8.78 Å². The molecule has 1 nitrogen and oxygen atoms in total. The minimum Gasteiger partial charge on any atom is -0.298 e. The van der Waals surface area contributed by atoms with Crippen molar-refractivity contribution in [2.45, 2.75) is 25.3 Å². The fourth-order valence-corrected chi connectivity index (χ4v) is 3.72. The molecule has 1 unspecified atom stereocenters. The third-order valence-electron chi connectivity index (χ3n) is 4.55. The Labute approximate surface area is 144 Å². The molecule has 2 aromatic rings. The van der Waals surface area contributed by atoms with Crippen LogP contribution in [0.2, 0.25) is 10.0 Å². The van der Waals surface area contributed by atoms with E-state index in [2.05, 4.69) is 17.0 Å². The molecule has 0 bridgehead atoms. The zero-order valence-electron chi connectivity index (χ0n) is 12.8. The maximum absolute atomic E-state index is 14.4. The van der Waals surface area contributed by atoms with Gasteiger partial charge < -0.3 is 0 Å². The first-order valence-electron chi connectivity index (χ1n) is 7.50. The normalized spacial score (nSPS) is 21.8. The van der Waals surface area contributed by atoms with Gasteiger partial charge in [-0.25, -0.2) is 8.78 Å². The van der Waals surface area contributed by atoms with Crippen LogP contribution < -0.4 is 0 Å². The summed E-state index contributed by atoms with van der Waals surface area (Å²) >= 11 is 11.6. The lowest BCUT2D eigenvalue weighted by Gasteiger charge is -2.26. The summed E-state index contributed by atoms with van der Waals surface area (Å²) in [6.45, 7) is 4.30. The van der Waals surface area contributed by atoms with Crippen LogP contribution in [0.1, 0.15) is 24.5 Å². The van der Waals surface area contributed by atoms with Crippen LogP contribution in [0.25, 0.3) is 0 Å². The molecule has 0 aromatic heterocycles. The number of rotatable bonds is 3. The third-order valence-corrected chi connectivity index (χ3v) is 5.16. The molecule has 0 saturated carbocycles. The highest BCUT2D eigenvalue weighted by molar-refractivity contribution is 6.35. The SMILES string of the molecule is CC1(c2cc(Cl)c(F)c(Cl)c2F)CCN(Cc2ccccc2)C1. The molecule has 1 heterocycles. The van der Waals surface area contributed by atoms with Crippen molar-refractivity contribution in [3.63, 3.8) is 0 Å². The highest BCUT2D eigenvalue weighted by Crippen LogP contribution is 2.40. The zero-order chi connectivity index (χ0) is 16.6. The van der Waals surface area contributed by atoms with Gasteiger partial charge in [-0.2, -0.15) is 0 Å². The van der Waals surface area contributed by atoms with Crippen molar-refractivity contribution in [1.82, 2.24) is 4.90 Å². The fraction of sp³-hybridized carbons (Fsp3) is 0.333. The number of likely N-dealkylation sites (tertiary alicyclic amines) is 1. The first-order chi connectivity index (χ1) is 10.9. The Morgan fingerprint density at radius 1 is 1.13 bits per heavy atom. The predicted molar refractivity (Wildman–Crippen MR) is 90.1 cm³/mol. The average molecular weight is 356 g/mol. The second-order valence-electron chi connectivity index (χ2n) is 6.35. The Bertz CT molecular complexity index is 721. The van der Waals surface area contributed by atoms with Gasteiger partial charge in [0, 0.05) is 18.5 Å². The number of hydrogen-bond acceptors (Lipinski definition) is 1. The van der Waals surface area contributed by atoms with Crippen LogP contribution in [0.15, 0.2) is 36.4 Å². The molecule has 0 N–H and O–H groups in total. The topological polar surface area (TPSA) is 3.24 Å². The van der Waals surface area contributed by atoms with Crippen molar-refractivity contribution < 1.29 is 8.78 Å². The van der Waals surface area contributed by atoms with Crippen LogP contribution in [-0.2, 0) is 12.0 Å². The summed E-state index contributed by atoms with van der Waals surface area (Å²) in [5, 5.41) is -0.649. The second kappa shape index (κ2) is 6.39. The van der Waals surface area contributed by atoms with Crippen molar-refractivity contribution >= 4 is 23.2 Å². The molecule has 0 aliphatic carbocycles. The molecule has 23 heavy (non-hydrogen) atoms. The minimum atomic E-state index is -0.891. The molecule has 1 saturated heterocycles. The van der Waals surface area contributed by atoms with Crippen LogP contribution in [0.3, 0.4) is 0 Å². The fourth-order valence-electron chi connectivity index (χ4n) is 3.26. The van der Waals surface area contributed by atoms with Gasteiger partial charge in [-0.3, -0.25) is 4.90 Å². The molecule has 1 aliphatic heterocycles. The summed E-state index contributed by atoms with van der Waals surface area (Å²) in [7, 11) is 0. The highest BCUT2D eigenvalue weighted by atomic mass is 35.5. The average Bonchev–Trinajstić information content (AvgIpc) is 2.92. The zero-order valence-corrected chi connectivity index (χ0v) is 14.3. The quantitative estimate of drug-likeness (QED) is 0.523. The molecule has 122 valence electrons. The predicted octanol–water partition coefficient (Wildman–Crippen LogP) is 5.44. The lowest BCUT2D eigenvalue weighted by molar-refractivity contribution is 0.306. The van der Waals surface area contributed by atoms with Gasteiger partial charge in [0.2, 0.25) is 0 Å². The van der Waals surface area contributed by atoms with Gasteiger partial charge in [-0.1, -0.05) is 60.5 Å². The van der Waals surface area contributed by atoms with Gasteiger partial charge >= 0.3 is 0 Å². The number of halogens is 4. The summed E-state index contributed by atoms with van der Waals surface area (Å²) in [5.41, 5.74) is 1.18. The van der Waals surface area contributed by atoms with Crippen molar-refractivity contribution in [3.05, 3.63) is 69.2 Å². The number of benzene rings is 2. The van der Waals surface area contributed by atoms with Gasteiger partial charge in [0.25, 0.3) is 0 Å². The van der Waals surface area contributed by atoms with Crippen molar-refractivity contribution in [2.24, 2.45) is 0 Å². The summed E-state index contributed by atoms with van der Waals surface area (Å²) in [5.74, 6) is -1.59. The van der Waals surface area contributed by atoms with E-state index >= 15 is 0 Å². The molecule has 0 radical (unpaired) electrons. The van der Waals surface area contributed by atoms with E-state index in [1.54, 1.807) is 0 Å². The first-order valence-corrected chi connectivity index (χ1v) is 8.26. The Hall–Kier alpha value is -1.16. The van der Waals surface area contributed by atoms with Gasteiger partial charge in [-0.15, -0.1) is 0 Å². The van der Waals surface area contributed by atoms with E-state index in [-0.39, 0.29) is 5.02 Å². The first kappa shape index (κ1) is 16.7. The summed E-state index contributed by atoms with van der Waals surface area (Å²) in [4.78, 5) is 2.26. The van der Waals surface area contributed by atoms with Crippen LogP contribution in [0.4, 0.5) is 8.78 Å². The summed E-state index contributed by atoms with van der Waals surface area (Å²) < 4.78 is 28.1. The van der Waals surface area contributed by atoms with Gasteiger partial charge in [0.1, 0.15) is 10.8 Å². The number of hydrogen-bond donors (Lipinski definition) is 0. The van der Waals surface area contributed by atoms with E-state index in [4.69, 9.17) is 23.2 Å². The van der Waals surface area contributed by atoms with Crippen molar-refractivity contribution in [1.29, 1.82) is 0 Å². The number of nitrogens with zero attached hydrogens (tertiary/aromatic N) is 1. The molecule has 0 amide bonds. The Kier molecular flexibility index (Phi) is 4.63. The van der Waals surface area contributed by atoms with Crippen LogP contribution in [0.5, 0.6) is 0 Å². The molecular weight excluding hydrogens is 339 g/mol. The molecule has 1 atom stereocenters. The maximum atomic E-state index is 14.4. The van der Waals surface area contributed by atoms with Crippen molar-refractivity contribution in [3.8, 4) is 0 Å². The van der Waals surface area contributed by atoms with E-state index in [0.29, 0.717) is 12.1 Å². The van der Waals surface area contributed by atoms with Crippen LogP contribution in [0, 0.1) is 11.6 Å². The Balaban J connectivity index is 1.84. The smallest absolute Gasteiger partial charge is 0.163 e. The minimum absolute atomic E-state index is 0.130. The van der Waals surface area contributed by atoms with Gasteiger partial charge in [0.15, 0.2) is 5.82 Å². The lowest BCUT2D eigenvalue weighted by Crippen LogP contribution is -2.29. The van der Waals surface area contributed by atoms with E-state index < -0.39 is 22.1 Å². The van der Waals surface area contributed by atoms with E-state index in [1.807, 2.05) is 25.1 Å². The molecule has 0 spiro atoms. The lowest BCUT2D eigenvalue weighted by atomic mass is 9.81. The molecule has 1 aliphatic rings. The Morgan fingerprint density at radius 3 is 2.52 bits per heavy atom. The maximum Gasteiger partial charge on any atom is 0.163 e. The third kappa shape index (κ3) is 3.23.